The van der Waals surface area contributed by atoms with Gasteiger partial charge in [-0.15, -0.1) is 0 Å². The number of hydrogen-bond acceptors (Lipinski definition) is 3. The summed E-state index contributed by atoms with van der Waals surface area (Å²) in [4.78, 5) is 12.2. The molecule has 2 heterocycles. The lowest BCUT2D eigenvalue weighted by atomic mass is 10.3. The molecule has 0 spiro atoms. The van der Waals surface area contributed by atoms with Crippen LogP contribution in [0.15, 0.2) is 16.9 Å². The summed E-state index contributed by atoms with van der Waals surface area (Å²) >= 11 is 3.30. The minimum absolute atomic E-state index is 0.128. The van der Waals surface area contributed by atoms with Gasteiger partial charge in [-0.05, 0) is 15.9 Å². The van der Waals surface area contributed by atoms with Crippen molar-refractivity contribution in [1.82, 2.24) is 14.7 Å². The summed E-state index contributed by atoms with van der Waals surface area (Å²) in [6.45, 7) is 1.84. The third-order valence-electron chi connectivity index (χ3n) is 2.40. The first-order chi connectivity index (χ1) is 7.65. The van der Waals surface area contributed by atoms with E-state index in [1.807, 2.05) is 6.20 Å². The molecule has 1 aliphatic rings. The van der Waals surface area contributed by atoms with Crippen molar-refractivity contribution in [2.45, 2.75) is 12.6 Å². The predicted octanol–water partition coefficient (Wildman–Crippen LogP) is 1.02. The quantitative estimate of drug-likeness (QED) is 0.883. The van der Waals surface area contributed by atoms with Crippen molar-refractivity contribution in [3.05, 3.63) is 16.9 Å². The number of hydrogen-bond donors (Lipinski definition) is 1. The van der Waals surface area contributed by atoms with E-state index in [-0.39, 0.29) is 6.10 Å². The van der Waals surface area contributed by atoms with Gasteiger partial charge < -0.3 is 14.7 Å². The largest absolute Gasteiger partial charge is 0.465 e. The van der Waals surface area contributed by atoms with E-state index in [0.717, 1.165) is 4.47 Å². The van der Waals surface area contributed by atoms with Crippen molar-refractivity contribution >= 4 is 22.0 Å². The zero-order valence-electron chi connectivity index (χ0n) is 8.54. The molecule has 0 bridgehead atoms. The van der Waals surface area contributed by atoms with Crippen molar-refractivity contribution in [2.75, 3.05) is 19.7 Å². The Morgan fingerprint density at radius 1 is 1.75 bits per heavy atom. The monoisotopic (exact) mass is 289 g/mol. The molecule has 0 radical (unpaired) electrons. The Balaban J connectivity index is 1.92. The number of nitrogens with zero attached hydrogens (tertiary/aromatic N) is 3. The highest BCUT2D eigenvalue weighted by Gasteiger charge is 2.24. The van der Waals surface area contributed by atoms with Gasteiger partial charge >= 0.3 is 6.09 Å². The van der Waals surface area contributed by atoms with Gasteiger partial charge in [0.2, 0.25) is 0 Å². The van der Waals surface area contributed by atoms with Crippen LogP contribution in [0.4, 0.5) is 4.79 Å². The molecule has 1 aromatic rings. The average molecular weight is 290 g/mol. The number of halogens is 1. The second kappa shape index (κ2) is 4.84. The molecule has 6 nitrogen and oxygen atoms in total. The molecular formula is C9H12BrN3O3. The van der Waals surface area contributed by atoms with Crippen molar-refractivity contribution in [1.29, 1.82) is 0 Å². The topological polar surface area (TPSA) is 67.6 Å². The molecule has 1 amide bonds. The molecule has 2 rings (SSSR count). The normalized spacial score (nSPS) is 21.1. The third-order valence-corrected chi connectivity index (χ3v) is 2.81. The van der Waals surface area contributed by atoms with Gasteiger partial charge in [-0.1, -0.05) is 0 Å². The van der Waals surface area contributed by atoms with Gasteiger partial charge in [-0.3, -0.25) is 4.68 Å². The van der Waals surface area contributed by atoms with Crippen LogP contribution < -0.4 is 0 Å². The molecule has 0 saturated carbocycles. The highest BCUT2D eigenvalue weighted by atomic mass is 79.9. The Labute approximate surface area is 101 Å². The van der Waals surface area contributed by atoms with Crippen LogP contribution in [0.25, 0.3) is 0 Å². The van der Waals surface area contributed by atoms with Gasteiger partial charge in [-0.25, -0.2) is 4.79 Å². The van der Waals surface area contributed by atoms with Crippen LogP contribution in [-0.2, 0) is 11.3 Å². The van der Waals surface area contributed by atoms with E-state index in [1.54, 1.807) is 10.9 Å². The Bertz CT molecular complexity index is 382. The van der Waals surface area contributed by atoms with E-state index < -0.39 is 6.09 Å². The molecule has 0 unspecified atom stereocenters. The van der Waals surface area contributed by atoms with Gasteiger partial charge in [0.15, 0.2) is 0 Å². The number of ether oxygens (including phenoxy) is 1. The van der Waals surface area contributed by atoms with E-state index in [1.165, 1.54) is 4.90 Å². The van der Waals surface area contributed by atoms with E-state index in [0.29, 0.717) is 26.2 Å². The highest BCUT2D eigenvalue weighted by molar-refractivity contribution is 9.10. The number of amides is 1. The van der Waals surface area contributed by atoms with Crippen LogP contribution in [0.3, 0.4) is 0 Å². The molecular weight excluding hydrogens is 278 g/mol. The Morgan fingerprint density at radius 2 is 2.56 bits per heavy atom. The molecule has 1 aromatic heterocycles. The number of rotatable bonds is 2. The van der Waals surface area contributed by atoms with Crippen LogP contribution in [-0.4, -0.2) is 51.7 Å². The summed E-state index contributed by atoms with van der Waals surface area (Å²) < 4.78 is 8.13. The van der Waals surface area contributed by atoms with Gasteiger partial charge in [0, 0.05) is 12.7 Å². The Kier molecular flexibility index (Phi) is 3.45. The predicted molar refractivity (Wildman–Crippen MR) is 59.3 cm³/mol. The van der Waals surface area contributed by atoms with Crippen molar-refractivity contribution < 1.29 is 14.6 Å². The Hall–Kier alpha value is -1.08. The fourth-order valence-electron chi connectivity index (χ4n) is 1.65. The van der Waals surface area contributed by atoms with Crippen LogP contribution in [0, 0.1) is 0 Å². The molecule has 7 heteroatoms. The molecule has 16 heavy (non-hydrogen) atoms. The summed E-state index contributed by atoms with van der Waals surface area (Å²) in [6, 6.07) is 0. The number of aromatic nitrogens is 2. The number of carbonyl (C=O) groups is 1. The fourth-order valence-corrected chi connectivity index (χ4v) is 1.98. The van der Waals surface area contributed by atoms with Crippen LogP contribution in [0.5, 0.6) is 0 Å². The fraction of sp³-hybridized carbons (Fsp3) is 0.556. The molecule has 1 aliphatic heterocycles. The molecule has 1 N–H and O–H groups in total. The summed E-state index contributed by atoms with van der Waals surface area (Å²) in [7, 11) is 0. The first-order valence-corrected chi connectivity index (χ1v) is 5.72. The first-order valence-electron chi connectivity index (χ1n) is 4.92. The van der Waals surface area contributed by atoms with E-state index in [2.05, 4.69) is 21.0 Å². The molecule has 0 aromatic carbocycles. The molecule has 1 fully saturated rings. The number of carboxylic acid groups (broad SMARTS) is 1. The molecule has 1 saturated heterocycles. The maximum absolute atomic E-state index is 10.8. The van der Waals surface area contributed by atoms with Crippen molar-refractivity contribution in [3.63, 3.8) is 0 Å². The zero-order valence-corrected chi connectivity index (χ0v) is 10.1. The second-order valence-electron chi connectivity index (χ2n) is 3.60. The highest BCUT2D eigenvalue weighted by Crippen LogP contribution is 2.10. The summed E-state index contributed by atoms with van der Waals surface area (Å²) in [5.74, 6) is 0. The SMILES string of the molecule is O=C(O)N1CCO[C@H](Cn2cc(Br)cn2)C1. The van der Waals surface area contributed by atoms with Crippen molar-refractivity contribution in [2.24, 2.45) is 0 Å². The van der Waals surface area contributed by atoms with Crippen LogP contribution >= 0.6 is 15.9 Å². The van der Waals surface area contributed by atoms with Gasteiger partial charge in [0.05, 0.1) is 36.5 Å². The maximum atomic E-state index is 10.8. The third kappa shape index (κ3) is 2.73. The van der Waals surface area contributed by atoms with Crippen LogP contribution in [0.1, 0.15) is 0 Å². The van der Waals surface area contributed by atoms with Gasteiger partial charge in [0.25, 0.3) is 0 Å². The molecule has 88 valence electrons. The summed E-state index contributed by atoms with van der Waals surface area (Å²) in [6.07, 6.45) is 2.51. The van der Waals surface area contributed by atoms with E-state index >= 15 is 0 Å². The maximum Gasteiger partial charge on any atom is 0.407 e. The molecule has 0 aliphatic carbocycles. The minimum Gasteiger partial charge on any atom is -0.465 e. The average Bonchev–Trinajstić information content (AvgIpc) is 2.64. The smallest absolute Gasteiger partial charge is 0.407 e. The minimum atomic E-state index is -0.894. The second-order valence-corrected chi connectivity index (χ2v) is 4.52. The van der Waals surface area contributed by atoms with Crippen molar-refractivity contribution in [3.8, 4) is 0 Å². The lowest BCUT2D eigenvalue weighted by molar-refractivity contribution is -0.0307. The van der Waals surface area contributed by atoms with Crippen LogP contribution in [0.2, 0.25) is 0 Å². The van der Waals surface area contributed by atoms with Gasteiger partial charge in [0.1, 0.15) is 0 Å². The molecule has 1 atom stereocenters. The summed E-state index contributed by atoms with van der Waals surface area (Å²) in [5, 5.41) is 13.0. The van der Waals surface area contributed by atoms with E-state index in [4.69, 9.17) is 9.84 Å². The first kappa shape index (κ1) is 11.4. The lowest BCUT2D eigenvalue weighted by Crippen LogP contribution is -2.46. The van der Waals surface area contributed by atoms with Gasteiger partial charge in [-0.2, -0.15) is 5.10 Å². The standard InChI is InChI=1S/C9H12BrN3O3/c10-7-3-11-13(4-7)6-8-5-12(9(14)15)1-2-16-8/h3-4,8H,1-2,5-6H2,(H,14,15)/t8-/m0/s1. The van der Waals surface area contributed by atoms with E-state index in [9.17, 15) is 4.79 Å². The Morgan fingerprint density at radius 3 is 3.19 bits per heavy atom. The summed E-state index contributed by atoms with van der Waals surface area (Å²) in [5.41, 5.74) is 0. The number of morpholine rings is 1. The zero-order chi connectivity index (χ0) is 11.5. The lowest BCUT2D eigenvalue weighted by Gasteiger charge is -2.30.